The fourth-order valence-corrected chi connectivity index (χ4v) is 3.76. The summed E-state index contributed by atoms with van der Waals surface area (Å²) in [5.41, 5.74) is 0.321. The van der Waals surface area contributed by atoms with Gasteiger partial charge in [0.25, 0.3) is 0 Å². The van der Waals surface area contributed by atoms with Crippen LogP contribution >= 0.6 is 11.6 Å². The van der Waals surface area contributed by atoms with Crippen molar-refractivity contribution in [3.05, 3.63) is 16.9 Å². The number of hydrogen-bond donors (Lipinski definition) is 1. The van der Waals surface area contributed by atoms with Crippen LogP contribution in [0.2, 0.25) is 5.02 Å². The van der Waals surface area contributed by atoms with Gasteiger partial charge in [-0.05, 0) is 0 Å². The Balaban J connectivity index is 2.08. The molecular formula is C10H14ClN3O3S. The number of sulfone groups is 1. The largest absolute Gasteiger partial charge is 0.312 e. The predicted octanol–water partition coefficient (Wildman–Crippen LogP) is 0.0329. The maximum atomic E-state index is 12.0. The number of carbonyl (C=O) groups excluding carboxylic acids is 1. The maximum absolute atomic E-state index is 12.0. The van der Waals surface area contributed by atoms with Gasteiger partial charge >= 0.3 is 0 Å². The fraction of sp³-hybridized carbons (Fsp3) is 0.600. The Morgan fingerprint density at radius 3 is 2.94 bits per heavy atom. The molecule has 6 nitrogen and oxygen atoms in total. The summed E-state index contributed by atoms with van der Waals surface area (Å²) in [5, 5.41) is 7.21. The molecule has 8 heteroatoms. The number of aryl methyl sites for hydroxylation is 1. The Hall–Kier alpha value is -0.920. The van der Waals surface area contributed by atoms with Gasteiger partial charge in [-0.3, -0.25) is 9.48 Å². The second kappa shape index (κ2) is 4.99. The lowest BCUT2D eigenvalue weighted by atomic mass is 10.1. The van der Waals surface area contributed by atoms with Crippen LogP contribution in [0.4, 0.5) is 0 Å². The van der Waals surface area contributed by atoms with Gasteiger partial charge in [-0.2, -0.15) is 5.10 Å². The number of Topliss-reactive ketones (excluding diaryl/α,β-unsaturated/α-hetero) is 1. The van der Waals surface area contributed by atoms with Gasteiger partial charge in [-0.25, -0.2) is 8.42 Å². The summed E-state index contributed by atoms with van der Waals surface area (Å²) in [5.74, 6) is -0.0761. The third-order valence-corrected chi connectivity index (χ3v) is 4.90. The highest BCUT2D eigenvalue weighted by Gasteiger charge is 2.27. The third-order valence-electron chi connectivity index (χ3n) is 2.89. The van der Waals surface area contributed by atoms with Crippen molar-refractivity contribution in [2.75, 3.05) is 18.1 Å². The molecule has 0 bridgehead atoms. The quantitative estimate of drug-likeness (QED) is 0.795. The average Bonchev–Trinajstić information content (AvgIpc) is 2.57. The van der Waals surface area contributed by atoms with E-state index >= 15 is 0 Å². The van der Waals surface area contributed by atoms with E-state index in [9.17, 15) is 13.2 Å². The minimum Gasteiger partial charge on any atom is -0.312 e. The van der Waals surface area contributed by atoms with Gasteiger partial charge < -0.3 is 5.32 Å². The molecule has 0 aliphatic carbocycles. The fourth-order valence-electron chi connectivity index (χ4n) is 2.04. The van der Waals surface area contributed by atoms with E-state index in [1.54, 1.807) is 7.05 Å². The van der Waals surface area contributed by atoms with Crippen LogP contribution in [0.5, 0.6) is 0 Å². The van der Waals surface area contributed by atoms with Crippen LogP contribution in [-0.2, 0) is 16.9 Å². The average molecular weight is 292 g/mol. The number of hydrogen-bond acceptors (Lipinski definition) is 5. The molecule has 100 valence electrons. The number of ketones is 1. The summed E-state index contributed by atoms with van der Waals surface area (Å²) in [6, 6.07) is -0.345. The Labute approximate surface area is 110 Å². The Bertz CT molecular complexity index is 547. The third kappa shape index (κ3) is 2.90. The molecule has 1 fully saturated rings. The maximum Gasteiger partial charge on any atom is 0.183 e. The lowest BCUT2D eigenvalue weighted by molar-refractivity contribution is 0.0963. The van der Waals surface area contributed by atoms with Crippen LogP contribution < -0.4 is 5.32 Å². The molecule has 1 saturated heterocycles. The van der Waals surface area contributed by atoms with Gasteiger partial charge in [0, 0.05) is 26.1 Å². The van der Waals surface area contributed by atoms with Crippen molar-refractivity contribution in [1.82, 2.24) is 15.1 Å². The topological polar surface area (TPSA) is 81.1 Å². The van der Waals surface area contributed by atoms with Crippen LogP contribution in [0, 0.1) is 0 Å². The van der Waals surface area contributed by atoms with Crippen molar-refractivity contribution >= 4 is 27.2 Å². The van der Waals surface area contributed by atoms with Gasteiger partial charge in [0.2, 0.25) is 0 Å². The summed E-state index contributed by atoms with van der Waals surface area (Å²) in [6.45, 7) is 0.388. The van der Waals surface area contributed by atoms with E-state index in [1.165, 1.54) is 10.9 Å². The van der Waals surface area contributed by atoms with Crippen molar-refractivity contribution < 1.29 is 13.2 Å². The summed E-state index contributed by atoms with van der Waals surface area (Å²) in [7, 11) is -1.41. The molecule has 0 aromatic carbocycles. The van der Waals surface area contributed by atoms with E-state index in [1.807, 2.05) is 0 Å². The van der Waals surface area contributed by atoms with Crippen LogP contribution in [-0.4, -0.2) is 48.1 Å². The summed E-state index contributed by atoms with van der Waals surface area (Å²) < 4.78 is 24.3. The molecule has 1 aromatic heterocycles. The van der Waals surface area contributed by atoms with Gasteiger partial charge in [-0.15, -0.1) is 0 Å². The van der Waals surface area contributed by atoms with Crippen molar-refractivity contribution in [3.63, 3.8) is 0 Å². The lowest BCUT2D eigenvalue weighted by Gasteiger charge is -2.22. The van der Waals surface area contributed by atoms with Crippen molar-refractivity contribution in [2.45, 2.75) is 12.5 Å². The number of nitrogens with zero attached hydrogens (tertiary/aromatic N) is 2. The second-order valence-corrected chi connectivity index (χ2v) is 6.99. The Morgan fingerprint density at radius 2 is 2.39 bits per heavy atom. The minimum absolute atomic E-state index is 0.00574. The van der Waals surface area contributed by atoms with Crippen molar-refractivity contribution in [1.29, 1.82) is 0 Å². The molecule has 0 saturated carbocycles. The molecule has 0 amide bonds. The zero-order valence-corrected chi connectivity index (χ0v) is 11.5. The molecule has 2 rings (SSSR count). The first-order chi connectivity index (χ1) is 8.39. The first kappa shape index (κ1) is 13.5. The number of rotatable bonds is 3. The van der Waals surface area contributed by atoms with Crippen molar-refractivity contribution in [2.24, 2.45) is 7.05 Å². The first-order valence-corrected chi connectivity index (χ1v) is 7.73. The molecular weight excluding hydrogens is 278 g/mol. The highest BCUT2D eigenvalue weighted by atomic mass is 35.5. The van der Waals surface area contributed by atoms with E-state index < -0.39 is 9.84 Å². The molecule has 0 spiro atoms. The number of aromatic nitrogens is 2. The Morgan fingerprint density at radius 1 is 1.67 bits per heavy atom. The van der Waals surface area contributed by atoms with E-state index in [0.29, 0.717) is 17.3 Å². The van der Waals surface area contributed by atoms with Gasteiger partial charge in [0.1, 0.15) is 5.69 Å². The molecule has 1 aliphatic rings. The standard InChI is InChI=1S/C10H14ClN3O3S/c1-14-10(8(11)5-13-14)9(15)4-7-6-18(16,17)3-2-12-7/h5,7,12H,2-4,6H2,1H3. The van der Waals surface area contributed by atoms with Gasteiger partial charge in [-0.1, -0.05) is 11.6 Å². The van der Waals surface area contributed by atoms with E-state index in [-0.39, 0.29) is 29.8 Å². The van der Waals surface area contributed by atoms with E-state index in [2.05, 4.69) is 10.4 Å². The number of nitrogens with one attached hydrogen (secondary N) is 1. The zero-order valence-electron chi connectivity index (χ0n) is 9.89. The first-order valence-electron chi connectivity index (χ1n) is 5.53. The molecule has 1 atom stereocenters. The lowest BCUT2D eigenvalue weighted by Crippen LogP contribution is -2.46. The van der Waals surface area contributed by atoms with Crippen LogP contribution in [0.25, 0.3) is 0 Å². The number of carbonyl (C=O) groups is 1. The summed E-state index contributed by atoms with van der Waals surface area (Å²) in [6.07, 6.45) is 1.51. The molecule has 1 aliphatic heterocycles. The summed E-state index contributed by atoms with van der Waals surface area (Å²) >= 11 is 5.87. The molecule has 0 radical (unpaired) electrons. The molecule has 18 heavy (non-hydrogen) atoms. The SMILES string of the molecule is Cn1ncc(Cl)c1C(=O)CC1CS(=O)(=O)CCN1. The molecule has 1 N–H and O–H groups in total. The number of halogens is 1. The predicted molar refractivity (Wildman–Crippen MR) is 67.6 cm³/mol. The zero-order chi connectivity index (χ0) is 13.3. The second-order valence-electron chi connectivity index (χ2n) is 4.36. The van der Waals surface area contributed by atoms with Gasteiger partial charge in [0.15, 0.2) is 15.6 Å². The van der Waals surface area contributed by atoms with E-state index in [4.69, 9.17) is 11.6 Å². The minimum atomic E-state index is -3.04. The van der Waals surface area contributed by atoms with Crippen LogP contribution in [0.15, 0.2) is 6.20 Å². The van der Waals surface area contributed by atoms with Crippen LogP contribution in [0.1, 0.15) is 16.9 Å². The Kier molecular flexibility index (Phi) is 3.74. The van der Waals surface area contributed by atoms with Gasteiger partial charge in [0.05, 0.1) is 22.7 Å². The smallest absolute Gasteiger partial charge is 0.183 e. The molecule has 1 unspecified atom stereocenters. The monoisotopic (exact) mass is 291 g/mol. The van der Waals surface area contributed by atoms with Crippen LogP contribution in [0.3, 0.4) is 0 Å². The highest BCUT2D eigenvalue weighted by Crippen LogP contribution is 2.17. The molecule has 2 heterocycles. The van der Waals surface area contributed by atoms with Crippen molar-refractivity contribution in [3.8, 4) is 0 Å². The normalized spacial score (nSPS) is 22.9. The van der Waals surface area contributed by atoms with E-state index in [0.717, 1.165) is 0 Å². The molecule has 1 aromatic rings. The highest BCUT2D eigenvalue weighted by molar-refractivity contribution is 7.91. The summed E-state index contributed by atoms with van der Waals surface area (Å²) in [4.78, 5) is 12.0.